The fraction of sp³-hybridized carbons (Fsp3) is 0.308. The number of nitrogens with zero attached hydrogens (tertiary/aromatic N) is 2. The maximum atomic E-state index is 13.2. The summed E-state index contributed by atoms with van der Waals surface area (Å²) in [6.45, 7) is 2.29. The zero-order valence-electron chi connectivity index (χ0n) is 18.5. The van der Waals surface area contributed by atoms with Gasteiger partial charge in [0.25, 0.3) is 11.5 Å². The monoisotopic (exact) mass is 447 g/mol. The number of hydrogen-bond acceptors (Lipinski definition) is 4. The highest BCUT2D eigenvalue weighted by molar-refractivity contribution is 5.94. The zero-order chi connectivity index (χ0) is 22.9. The molecule has 0 radical (unpaired) electrons. The third kappa shape index (κ3) is 4.23. The van der Waals surface area contributed by atoms with Crippen LogP contribution in [0.2, 0.25) is 0 Å². The number of amides is 1. The van der Waals surface area contributed by atoms with Gasteiger partial charge in [0.15, 0.2) is 0 Å². The Bertz CT molecular complexity index is 1220. The molecule has 0 aliphatic carbocycles. The van der Waals surface area contributed by atoms with Gasteiger partial charge in [-0.3, -0.25) is 9.59 Å². The lowest BCUT2D eigenvalue weighted by Gasteiger charge is -2.43. The highest BCUT2D eigenvalue weighted by atomic mass is 19.1. The lowest BCUT2D eigenvalue weighted by atomic mass is 9.83. The van der Waals surface area contributed by atoms with Crippen LogP contribution in [-0.4, -0.2) is 35.6 Å². The van der Waals surface area contributed by atoms with Gasteiger partial charge >= 0.3 is 0 Å². The minimum Gasteiger partial charge on any atom is -0.497 e. The molecular formula is C26H26FN3O3. The molecule has 2 bridgehead atoms. The molecule has 1 saturated heterocycles. The Labute approximate surface area is 191 Å². The topological polar surface area (TPSA) is 63.6 Å². The van der Waals surface area contributed by atoms with Gasteiger partial charge in [-0.1, -0.05) is 12.1 Å². The molecule has 2 atom stereocenters. The second-order valence-electron chi connectivity index (χ2n) is 8.80. The molecular weight excluding hydrogens is 421 g/mol. The summed E-state index contributed by atoms with van der Waals surface area (Å²) in [5.41, 5.74) is 3.03. The molecule has 1 fully saturated rings. The van der Waals surface area contributed by atoms with Crippen molar-refractivity contribution in [3.05, 3.63) is 93.7 Å². The van der Waals surface area contributed by atoms with E-state index >= 15 is 0 Å². The number of anilines is 1. The van der Waals surface area contributed by atoms with Gasteiger partial charge in [-0.05, 0) is 66.4 Å². The van der Waals surface area contributed by atoms with Crippen LogP contribution in [0.25, 0.3) is 0 Å². The van der Waals surface area contributed by atoms with Crippen LogP contribution in [0.3, 0.4) is 0 Å². The first kappa shape index (κ1) is 21.2. The SMILES string of the molecule is COc1ccc(C(=O)N2CC3CC(C2)c2ccc(NCc4ccc(F)cc4)c(=O)n2C3)cc1. The lowest BCUT2D eigenvalue weighted by Crippen LogP contribution is -2.49. The number of carbonyl (C=O) groups excluding carboxylic acids is 1. The third-order valence-corrected chi connectivity index (χ3v) is 6.62. The molecule has 3 aromatic rings. The first-order chi connectivity index (χ1) is 16.0. The molecule has 2 aliphatic rings. The Kier molecular flexibility index (Phi) is 5.62. The number of aromatic nitrogens is 1. The maximum absolute atomic E-state index is 13.2. The Hall–Kier alpha value is -3.61. The number of benzene rings is 2. The first-order valence-corrected chi connectivity index (χ1v) is 11.2. The Balaban J connectivity index is 1.32. The van der Waals surface area contributed by atoms with Gasteiger partial charge < -0.3 is 19.5 Å². The molecule has 0 saturated carbocycles. The molecule has 1 aromatic heterocycles. The summed E-state index contributed by atoms with van der Waals surface area (Å²) < 4.78 is 20.2. The number of piperidine rings is 1. The molecule has 2 aromatic carbocycles. The van der Waals surface area contributed by atoms with E-state index in [1.165, 1.54) is 12.1 Å². The second kappa shape index (κ2) is 8.73. The standard InChI is InChI=1S/C26H26FN3O3/c1-33-22-8-4-19(5-9-22)25(31)29-14-18-12-20(16-29)24-11-10-23(26(32)30(24)15-18)28-13-17-2-6-21(27)7-3-17/h2-11,18,20,28H,12-16H2,1H3. The predicted octanol–water partition coefficient (Wildman–Crippen LogP) is 3.87. The van der Waals surface area contributed by atoms with Crippen molar-refractivity contribution < 1.29 is 13.9 Å². The number of fused-ring (bicyclic) bond motifs is 4. The van der Waals surface area contributed by atoms with Crippen molar-refractivity contribution in [1.29, 1.82) is 0 Å². The number of carbonyl (C=O) groups is 1. The van der Waals surface area contributed by atoms with Crippen LogP contribution >= 0.6 is 0 Å². The van der Waals surface area contributed by atoms with Gasteiger partial charge in [-0.2, -0.15) is 0 Å². The number of pyridine rings is 1. The van der Waals surface area contributed by atoms with Gasteiger partial charge in [-0.25, -0.2) is 4.39 Å². The molecule has 6 nitrogen and oxygen atoms in total. The minimum absolute atomic E-state index is 0.0146. The molecule has 33 heavy (non-hydrogen) atoms. The quantitative estimate of drug-likeness (QED) is 0.645. The van der Waals surface area contributed by atoms with Crippen LogP contribution in [0.4, 0.5) is 10.1 Å². The number of hydrogen-bond donors (Lipinski definition) is 1. The maximum Gasteiger partial charge on any atom is 0.274 e. The summed E-state index contributed by atoms with van der Waals surface area (Å²) in [6, 6.07) is 17.2. The van der Waals surface area contributed by atoms with E-state index in [4.69, 9.17) is 4.74 Å². The van der Waals surface area contributed by atoms with E-state index in [0.717, 1.165) is 23.4 Å². The van der Waals surface area contributed by atoms with Crippen molar-refractivity contribution in [3.8, 4) is 5.75 Å². The van der Waals surface area contributed by atoms with Crippen LogP contribution in [0.15, 0.2) is 65.5 Å². The fourth-order valence-electron chi connectivity index (χ4n) is 4.96. The van der Waals surface area contributed by atoms with Gasteiger partial charge in [0.05, 0.1) is 7.11 Å². The summed E-state index contributed by atoms with van der Waals surface area (Å²) in [7, 11) is 1.60. The Morgan fingerprint density at radius 2 is 1.79 bits per heavy atom. The van der Waals surface area contributed by atoms with Crippen molar-refractivity contribution >= 4 is 11.6 Å². The number of halogens is 1. The summed E-state index contributed by atoms with van der Waals surface area (Å²) >= 11 is 0. The van der Waals surface area contributed by atoms with Gasteiger partial charge in [0.2, 0.25) is 0 Å². The zero-order valence-corrected chi connectivity index (χ0v) is 18.5. The van der Waals surface area contributed by atoms with Crippen molar-refractivity contribution in [3.63, 3.8) is 0 Å². The molecule has 0 spiro atoms. The molecule has 1 amide bonds. The summed E-state index contributed by atoms with van der Waals surface area (Å²) in [4.78, 5) is 28.2. The van der Waals surface area contributed by atoms with Crippen LogP contribution in [0.5, 0.6) is 5.75 Å². The van der Waals surface area contributed by atoms with Crippen molar-refractivity contribution in [2.24, 2.45) is 5.92 Å². The Morgan fingerprint density at radius 3 is 2.52 bits per heavy atom. The summed E-state index contributed by atoms with van der Waals surface area (Å²) in [5.74, 6) is 0.834. The van der Waals surface area contributed by atoms with Gasteiger partial charge in [0, 0.05) is 43.4 Å². The largest absolute Gasteiger partial charge is 0.497 e. The average molecular weight is 448 g/mol. The van der Waals surface area contributed by atoms with E-state index < -0.39 is 0 Å². The van der Waals surface area contributed by atoms with E-state index in [1.54, 1.807) is 43.5 Å². The van der Waals surface area contributed by atoms with Crippen LogP contribution in [-0.2, 0) is 13.1 Å². The normalized spacial score (nSPS) is 19.0. The van der Waals surface area contributed by atoms with Crippen molar-refractivity contribution in [2.45, 2.75) is 25.4 Å². The number of nitrogens with one attached hydrogen (secondary N) is 1. The van der Waals surface area contributed by atoms with E-state index in [1.807, 2.05) is 21.6 Å². The lowest BCUT2D eigenvalue weighted by molar-refractivity contribution is 0.0594. The predicted molar refractivity (Wildman–Crippen MR) is 124 cm³/mol. The number of likely N-dealkylation sites (tertiary alicyclic amines) is 1. The van der Waals surface area contributed by atoms with Crippen molar-refractivity contribution in [1.82, 2.24) is 9.47 Å². The molecule has 7 heteroatoms. The molecule has 170 valence electrons. The Morgan fingerprint density at radius 1 is 1.03 bits per heavy atom. The summed E-state index contributed by atoms with van der Waals surface area (Å²) in [6.07, 6.45) is 0.980. The first-order valence-electron chi connectivity index (χ1n) is 11.2. The van der Waals surface area contributed by atoms with Crippen LogP contribution < -0.4 is 15.6 Å². The number of ether oxygens (including phenoxy) is 1. The van der Waals surface area contributed by atoms with Crippen LogP contribution in [0.1, 0.15) is 34.0 Å². The molecule has 5 rings (SSSR count). The average Bonchev–Trinajstić information content (AvgIpc) is 2.84. The number of methoxy groups -OCH3 is 1. The minimum atomic E-state index is -0.279. The summed E-state index contributed by atoms with van der Waals surface area (Å²) in [5, 5.41) is 3.19. The number of rotatable bonds is 5. The van der Waals surface area contributed by atoms with E-state index in [-0.39, 0.29) is 29.1 Å². The second-order valence-corrected chi connectivity index (χ2v) is 8.80. The van der Waals surface area contributed by atoms with Crippen molar-refractivity contribution in [2.75, 3.05) is 25.5 Å². The molecule has 2 unspecified atom stereocenters. The molecule has 3 heterocycles. The molecule has 2 aliphatic heterocycles. The smallest absolute Gasteiger partial charge is 0.274 e. The third-order valence-electron chi connectivity index (χ3n) is 6.62. The highest BCUT2D eigenvalue weighted by Gasteiger charge is 2.36. The van der Waals surface area contributed by atoms with E-state index in [2.05, 4.69) is 5.32 Å². The molecule has 1 N–H and O–H groups in total. The highest BCUT2D eigenvalue weighted by Crippen LogP contribution is 2.36. The van der Waals surface area contributed by atoms with E-state index in [0.29, 0.717) is 37.4 Å². The van der Waals surface area contributed by atoms with Gasteiger partial charge in [-0.15, -0.1) is 0 Å². The fourth-order valence-corrected chi connectivity index (χ4v) is 4.96. The van der Waals surface area contributed by atoms with Crippen LogP contribution in [0, 0.1) is 11.7 Å². The van der Waals surface area contributed by atoms with Gasteiger partial charge in [0.1, 0.15) is 17.3 Å². The van der Waals surface area contributed by atoms with E-state index in [9.17, 15) is 14.0 Å².